The molecule has 2 aromatic carbocycles. The number of ether oxygens (including phenoxy) is 1. The van der Waals surface area contributed by atoms with Crippen molar-refractivity contribution in [2.75, 3.05) is 0 Å². The number of hydrogen-bond donors (Lipinski definition) is 1. The Morgan fingerprint density at radius 3 is 2.07 bits per heavy atom. The van der Waals surface area contributed by atoms with Gasteiger partial charge < -0.3 is 10.1 Å². The Bertz CT molecular complexity index is 772. The minimum atomic E-state index is -0.358. The molecule has 0 aliphatic heterocycles. The first-order chi connectivity index (χ1) is 13.0. The lowest BCUT2D eigenvalue weighted by molar-refractivity contribution is 0.00862. The summed E-state index contributed by atoms with van der Waals surface area (Å²) in [4.78, 5) is 25.2. The molecule has 1 N–H and O–H groups in total. The lowest BCUT2D eigenvalue weighted by atomic mass is 9.92. The quantitative estimate of drug-likeness (QED) is 0.503. The molecule has 27 heavy (non-hydrogen) atoms. The normalized spacial score (nSPS) is 27.9. The zero-order valence-corrected chi connectivity index (χ0v) is 17.6. The monoisotopic (exact) mass is 491 g/mol. The topological polar surface area (TPSA) is 55.4 Å². The Morgan fingerprint density at radius 1 is 0.889 bits per heavy atom. The molecule has 4 nitrogen and oxygen atoms in total. The van der Waals surface area contributed by atoms with Crippen LogP contribution in [0, 0.1) is 11.8 Å². The van der Waals surface area contributed by atoms with Gasteiger partial charge in [0.05, 0.1) is 14.8 Å². The third-order valence-electron chi connectivity index (χ3n) is 5.43. The highest BCUT2D eigenvalue weighted by molar-refractivity contribution is 9.25. The highest BCUT2D eigenvalue weighted by atomic mass is 79.9. The molecule has 2 aliphatic rings. The molecule has 0 bridgehead atoms. The average Bonchev–Trinajstić information content (AvgIpc) is 3.22. The zero-order chi connectivity index (χ0) is 19.0. The van der Waals surface area contributed by atoms with Crippen LogP contribution in [0.25, 0.3) is 0 Å². The van der Waals surface area contributed by atoms with Crippen molar-refractivity contribution in [3.8, 4) is 0 Å². The van der Waals surface area contributed by atoms with Crippen molar-refractivity contribution in [1.82, 2.24) is 5.32 Å². The molecular weight excluding hydrogens is 474 g/mol. The molecule has 0 heterocycles. The molecule has 140 valence electrons. The van der Waals surface area contributed by atoms with Gasteiger partial charge in [-0.2, -0.15) is 0 Å². The van der Waals surface area contributed by atoms with Crippen LogP contribution >= 0.6 is 31.9 Å². The Labute approximate surface area is 174 Å². The molecule has 6 heteroatoms. The van der Waals surface area contributed by atoms with E-state index in [4.69, 9.17) is 4.74 Å². The summed E-state index contributed by atoms with van der Waals surface area (Å²) in [6.45, 7) is 0. The van der Waals surface area contributed by atoms with E-state index in [9.17, 15) is 9.59 Å². The molecule has 1 amide bonds. The predicted molar refractivity (Wildman–Crippen MR) is 110 cm³/mol. The number of alkyl halides is 2. The smallest absolute Gasteiger partial charge is 0.338 e. The second kappa shape index (κ2) is 7.40. The average molecular weight is 493 g/mol. The lowest BCUT2D eigenvalue weighted by Gasteiger charge is -2.31. The van der Waals surface area contributed by atoms with Crippen LogP contribution in [-0.2, 0) is 4.74 Å². The fourth-order valence-electron chi connectivity index (χ4n) is 3.85. The summed E-state index contributed by atoms with van der Waals surface area (Å²) in [5.41, 5.74) is 1.13. The van der Waals surface area contributed by atoms with Crippen LogP contribution in [0.4, 0.5) is 0 Å². The highest BCUT2D eigenvalue weighted by Gasteiger charge is 2.65. The fraction of sp³-hybridized carbons (Fsp3) is 0.333. The molecule has 0 saturated heterocycles. The van der Waals surface area contributed by atoms with Crippen molar-refractivity contribution < 1.29 is 14.3 Å². The van der Waals surface area contributed by atoms with E-state index >= 15 is 0 Å². The first kappa shape index (κ1) is 18.7. The number of fused-ring (bicyclic) bond motifs is 1. The largest absolute Gasteiger partial charge is 0.457 e. The number of benzene rings is 2. The minimum Gasteiger partial charge on any atom is -0.457 e. The van der Waals surface area contributed by atoms with Gasteiger partial charge in [0.1, 0.15) is 6.10 Å². The number of amides is 1. The summed E-state index contributed by atoms with van der Waals surface area (Å²) in [5, 5.41) is 3.08. The van der Waals surface area contributed by atoms with E-state index in [0.29, 0.717) is 29.4 Å². The van der Waals surface area contributed by atoms with Gasteiger partial charge in [-0.15, -0.1) is 0 Å². The van der Waals surface area contributed by atoms with Gasteiger partial charge in [0.15, 0.2) is 0 Å². The van der Waals surface area contributed by atoms with Gasteiger partial charge in [0, 0.05) is 5.56 Å². The van der Waals surface area contributed by atoms with Gasteiger partial charge in [0.25, 0.3) is 5.91 Å². The van der Waals surface area contributed by atoms with E-state index in [2.05, 4.69) is 37.2 Å². The van der Waals surface area contributed by atoms with Crippen molar-refractivity contribution in [3.63, 3.8) is 0 Å². The maximum atomic E-state index is 12.6. The van der Waals surface area contributed by atoms with Crippen LogP contribution in [0.5, 0.6) is 0 Å². The maximum absolute atomic E-state index is 12.6. The summed E-state index contributed by atoms with van der Waals surface area (Å²) < 4.78 is 5.70. The van der Waals surface area contributed by atoms with Crippen molar-refractivity contribution in [2.45, 2.75) is 28.2 Å². The van der Waals surface area contributed by atoms with E-state index < -0.39 is 0 Å². The number of nitrogens with one attached hydrogen (secondary N) is 1. The zero-order valence-electron chi connectivity index (χ0n) is 14.5. The van der Waals surface area contributed by atoms with E-state index in [1.807, 2.05) is 36.4 Å². The van der Waals surface area contributed by atoms with Crippen molar-refractivity contribution in [3.05, 3.63) is 71.8 Å². The molecule has 2 saturated carbocycles. The van der Waals surface area contributed by atoms with E-state index in [-0.39, 0.29) is 27.3 Å². The van der Waals surface area contributed by atoms with Gasteiger partial charge in [-0.05, 0) is 48.9 Å². The molecule has 0 unspecified atom stereocenters. The number of carbonyl (C=O) groups is 2. The number of rotatable bonds is 4. The van der Waals surface area contributed by atoms with E-state index in [1.165, 1.54) is 0 Å². The number of carbonyl (C=O) groups excluding carboxylic acids is 2. The summed E-state index contributed by atoms with van der Waals surface area (Å²) in [7, 11) is 0. The lowest BCUT2D eigenvalue weighted by Crippen LogP contribution is -2.47. The second-order valence-corrected chi connectivity index (χ2v) is 10.8. The van der Waals surface area contributed by atoms with Crippen LogP contribution in [-0.4, -0.2) is 27.3 Å². The predicted octanol–water partition coefficient (Wildman–Crippen LogP) is 4.54. The second-order valence-electron chi connectivity index (χ2n) is 7.11. The first-order valence-electron chi connectivity index (χ1n) is 8.96. The number of esters is 1. The molecule has 4 atom stereocenters. The fourth-order valence-corrected chi connectivity index (χ4v) is 5.61. The Kier molecular flexibility index (Phi) is 5.12. The molecule has 2 fully saturated rings. The van der Waals surface area contributed by atoms with Crippen molar-refractivity contribution in [2.24, 2.45) is 11.8 Å². The summed E-state index contributed by atoms with van der Waals surface area (Å²) in [5.74, 6) is 0.296. The number of hydrogen-bond acceptors (Lipinski definition) is 3. The highest BCUT2D eigenvalue weighted by Crippen LogP contribution is 2.67. The van der Waals surface area contributed by atoms with Crippen LogP contribution in [0.15, 0.2) is 60.7 Å². The molecule has 4 rings (SSSR count). The van der Waals surface area contributed by atoms with E-state index in [0.717, 1.165) is 6.42 Å². The van der Waals surface area contributed by atoms with Crippen LogP contribution in [0.2, 0.25) is 0 Å². The van der Waals surface area contributed by atoms with Crippen LogP contribution < -0.4 is 5.32 Å². The van der Waals surface area contributed by atoms with Gasteiger partial charge in [-0.3, -0.25) is 4.79 Å². The SMILES string of the molecule is O=C(N[C@H]1C[C@@H]2[C@H](C[C@@H]1OC(=O)c1ccccc1)C2(Br)Br)c1ccccc1. The number of halogens is 2. The minimum absolute atomic E-state index is 0.121. The third kappa shape index (κ3) is 3.83. The Balaban J connectivity index is 1.50. The van der Waals surface area contributed by atoms with Gasteiger partial charge in [0.2, 0.25) is 0 Å². The maximum Gasteiger partial charge on any atom is 0.338 e. The standard InChI is InChI=1S/C21H19Br2NO3/c22-21(23)15-11-17(24-19(25)13-7-3-1-4-8-13)18(12-16(15)21)27-20(26)14-9-5-2-6-10-14/h1-10,15-18H,11-12H2,(H,24,25)/t15-,16+,17+,18+/m1/s1. The Morgan fingerprint density at radius 2 is 1.44 bits per heavy atom. The van der Waals surface area contributed by atoms with Crippen molar-refractivity contribution >= 4 is 43.7 Å². The van der Waals surface area contributed by atoms with Gasteiger partial charge in [-0.1, -0.05) is 68.3 Å². The van der Waals surface area contributed by atoms with Crippen LogP contribution in [0.3, 0.4) is 0 Å². The summed E-state index contributed by atoms with van der Waals surface area (Å²) in [6, 6.07) is 17.8. The third-order valence-corrected chi connectivity index (χ3v) is 7.78. The Hall–Kier alpha value is -1.66. The van der Waals surface area contributed by atoms with Crippen molar-refractivity contribution in [1.29, 1.82) is 0 Å². The van der Waals surface area contributed by atoms with Gasteiger partial charge >= 0.3 is 5.97 Å². The molecule has 0 aromatic heterocycles. The summed E-state index contributed by atoms with van der Waals surface area (Å²) >= 11 is 7.44. The first-order valence-corrected chi connectivity index (χ1v) is 10.5. The van der Waals surface area contributed by atoms with Gasteiger partial charge in [-0.25, -0.2) is 4.79 Å². The van der Waals surface area contributed by atoms with E-state index in [1.54, 1.807) is 24.3 Å². The molecule has 2 aromatic rings. The van der Waals surface area contributed by atoms with Crippen LogP contribution in [0.1, 0.15) is 33.6 Å². The molecule has 0 spiro atoms. The molecule has 2 aliphatic carbocycles. The molecular formula is C21H19Br2NO3. The summed E-state index contributed by atoms with van der Waals surface area (Å²) in [6.07, 6.45) is 1.11. The molecule has 0 radical (unpaired) electrons.